The largest absolute Gasteiger partial charge is 0.481 e. The minimum Gasteiger partial charge on any atom is -0.481 e. The molecule has 6 aromatic rings. The van der Waals surface area contributed by atoms with Gasteiger partial charge >= 0.3 is 17.9 Å². The van der Waals surface area contributed by atoms with Gasteiger partial charge in [0.25, 0.3) is 16.7 Å². The lowest BCUT2D eigenvalue weighted by molar-refractivity contribution is -0.143. The van der Waals surface area contributed by atoms with Crippen LogP contribution in [0.15, 0.2) is 87.2 Å². The Balaban J connectivity index is 0.000000115. The Bertz CT molecular complexity index is 4730. The first-order chi connectivity index (χ1) is 55.8. The third-order valence-corrected chi connectivity index (χ3v) is 32.6. The van der Waals surface area contributed by atoms with Crippen molar-refractivity contribution in [2.75, 3.05) is 80.4 Å². The molecule has 3 N–H and O–H groups in total. The number of carboxylic acid groups (broad SMARTS) is 3. The number of hydrogen-bond acceptors (Lipinski definition) is 17. The second kappa shape index (κ2) is 31.8. The molecule has 21 atom stereocenters. The highest BCUT2D eigenvalue weighted by Gasteiger charge is 2.55. The fourth-order valence-electron chi connectivity index (χ4n) is 27.1. The van der Waals surface area contributed by atoms with Crippen LogP contribution in [-0.2, 0) is 23.9 Å². The monoisotopic (exact) mass is 1570 g/mol. The van der Waals surface area contributed by atoms with E-state index in [2.05, 4.69) is 42.4 Å². The van der Waals surface area contributed by atoms with Crippen LogP contribution in [-0.4, -0.2) is 197 Å². The number of ether oxygens (including phenoxy) is 2. The molecular formula is C92H124N12O11. The first-order valence-electron chi connectivity index (χ1n) is 45.2. The summed E-state index contributed by atoms with van der Waals surface area (Å²) in [5, 5.41) is 28.2. The molecule has 0 amide bonds. The average molecular weight is 1570 g/mol. The predicted molar refractivity (Wildman–Crippen MR) is 444 cm³/mol. The van der Waals surface area contributed by atoms with Crippen molar-refractivity contribution < 1.29 is 39.2 Å². The minimum absolute atomic E-state index is 0.0299. The smallest absolute Gasteiger partial charge is 0.326 e. The molecule has 3 aromatic heterocycles. The number of benzene rings is 3. The Kier molecular flexibility index (Phi) is 21.4. The van der Waals surface area contributed by atoms with Gasteiger partial charge in [-0.1, -0.05) is 83.4 Å². The molecule has 16 fully saturated rings. The number of carbonyl (C=O) groups is 3. The Morgan fingerprint density at radius 1 is 0.452 bits per heavy atom. The van der Waals surface area contributed by atoms with Gasteiger partial charge in [0.1, 0.15) is 6.04 Å². The highest BCUT2D eigenvalue weighted by Crippen LogP contribution is 2.62. The van der Waals surface area contributed by atoms with E-state index in [0.29, 0.717) is 110 Å². The number of fused-ring (bicyclic) bond motifs is 15. The highest BCUT2D eigenvalue weighted by atomic mass is 16.5. The van der Waals surface area contributed by atoms with Gasteiger partial charge in [-0.15, -0.1) is 0 Å². The summed E-state index contributed by atoms with van der Waals surface area (Å²) in [5.41, 5.74) is 5.41. The number of para-hydroxylation sites is 6. The van der Waals surface area contributed by atoms with Crippen molar-refractivity contribution in [1.29, 1.82) is 0 Å². The minimum atomic E-state index is -0.876. The lowest BCUT2D eigenvalue weighted by atomic mass is 9.45. The molecule has 7 saturated carbocycles. The van der Waals surface area contributed by atoms with E-state index in [4.69, 9.17) is 29.5 Å². The number of piperidine rings is 4. The average Bonchev–Trinajstić information content (AvgIpc) is 0.756. The number of aliphatic carboxylic acids is 3. The molecule has 12 heterocycles. The molecule has 7 aliphatic carbocycles. The summed E-state index contributed by atoms with van der Waals surface area (Å²) in [6, 6.07) is 27.2. The third kappa shape index (κ3) is 14.6. The molecule has 23 heteroatoms. The van der Waals surface area contributed by atoms with E-state index in [-0.39, 0.29) is 47.1 Å². The number of hydrogen-bond donors (Lipinski definition) is 3. The quantitative estimate of drug-likeness (QED) is 0.0767. The van der Waals surface area contributed by atoms with Crippen molar-refractivity contribution in [2.45, 2.75) is 274 Å². The molecule has 9 saturated heterocycles. The van der Waals surface area contributed by atoms with Crippen LogP contribution < -0.4 is 31.4 Å². The third-order valence-electron chi connectivity index (χ3n) is 32.6. The highest BCUT2D eigenvalue weighted by molar-refractivity contribution is 5.82. The van der Waals surface area contributed by atoms with Crippen LogP contribution in [0.1, 0.15) is 219 Å². The summed E-state index contributed by atoms with van der Waals surface area (Å²) in [6.45, 7) is 16.3. The summed E-state index contributed by atoms with van der Waals surface area (Å²) in [7, 11) is 0. The fourth-order valence-corrected chi connectivity index (χ4v) is 27.1. The van der Waals surface area contributed by atoms with Gasteiger partial charge in [0.05, 0.1) is 71.9 Å². The SMILES string of the molecule is CC1(C)[C@H]2CC[C@@H](CCN3[C@@H]4CCC[C@H]3CC(n3c(=O)c(N5CC[C@@H]5C(=O)O)nc5ccccc53)C4)[C@@H]1C2.CCC1C[C@@H]2CC(N3[C@@H]4COC[C@H]3CC(n3c(=O)c(N5CC(C(=O)O)C5)nc5ccccc53)C4)C[C@H](C1)C2.CCC1C[C@@H]2CC(N3[C@@H]4COC[C@H]3CC(n3c(=O)c(N5CC(CC(=O)O)C5)nc5ccccc53)C4)C[C@H](C1)C2. The lowest BCUT2D eigenvalue weighted by Gasteiger charge is -2.60. The van der Waals surface area contributed by atoms with Gasteiger partial charge in [0.2, 0.25) is 0 Å². The maximum atomic E-state index is 14.0. The number of morpholine rings is 2. The van der Waals surface area contributed by atoms with Crippen molar-refractivity contribution in [3.63, 3.8) is 0 Å². The Morgan fingerprint density at radius 3 is 1.28 bits per heavy atom. The van der Waals surface area contributed by atoms with Gasteiger partial charge in [-0.25, -0.2) is 19.7 Å². The molecule has 115 heavy (non-hydrogen) atoms. The molecule has 12 bridgehead atoms. The maximum Gasteiger partial charge on any atom is 0.326 e. The molecule has 16 aliphatic rings. The molecule has 7 unspecified atom stereocenters. The number of nitrogens with zero attached hydrogens (tertiary/aromatic N) is 12. The van der Waals surface area contributed by atoms with Gasteiger partial charge in [0, 0.05) is 105 Å². The lowest BCUT2D eigenvalue weighted by Crippen LogP contribution is -2.62. The number of anilines is 3. The van der Waals surface area contributed by atoms with Crippen LogP contribution in [0.4, 0.5) is 17.5 Å². The van der Waals surface area contributed by atoms with E-state index < -0.39 is 29.9 Å². The van der Waals surface area contributed by atoms with E-state index in [1.807, 2.05) is 96.3 Å². The van der Waals surface area contributed by atoms with Gasteiger partial charge in [-0.3, -0.25) is 38.7 Å². The summed E-state index contributed by atoms with van der Waals surface area (Å²) in [4.78, 5) is 104. The summed E-state index contributed by atoms with van der Waals surface area (Å²) >= 11 is 0. The molecule has 0 radical (unpaired) electrons. The molecular weight excluding hydrogens is 1450 g/mol. The fraction of sp³-hybridized carbons (Fsp3) is 0.707. The van der Waals surface area contributed by atoms with Crippen molar-refractivity contribution >= 4 is 68.5 Å². The Hall–Kier alpha value is -7.31. The van der Waals surface area contributed by atoms with Crippen LogP contribution in [0, 0.1) is 70.5 Å². The number of carboxylic acids is 3. The second-order valence-corrected chi connectivity index (χ2v) is 39.5. The van der Waals surface area contributed by atoms with E-state index >= 15 is 0 Å². The molecule has 3 aromatic carbocycles. The molecule has 0 spiro atoms. The van der Waals surface area contributed by atoms with Crippen molar-refractivity contribution in [3.05, 3.63) is 104 Å². The van der Waals surface area contributed by atoms with Gasteiger partial charge in [-0.05, 0) is 249 Å². The predicted octanol–water partition coefficient (Wildman–Crippen LogP) is 13.3. The molecule has 23 nitrogen and oxygen atoms in total. The van der Waals surface area contributed by atoms with Gasteiger partial charge in [0.15, 0.2) is 17.5 Å². The number of aromatic nitrogens is 6. The van der Waals surface area contributed by atoms with E-state index in [1.165, 1.54) is 129 Å². The number of rotatable bonds is 17. The van der Waals surface area contributed by atoms with Crippen LogP contribution in [0.3, 0.4) is 0 Å². The molecule has 618 valence electrons. The zero-order valence-corrected chi connectivity index (χ0v) is 68.3. The van der Waals surface area contributed by atoms with Crippen LogP contribution in [0.5, 0.6) is 0 Å². The van der Waals surface area contributed by atoms with Crippen LogP contribution in [0.25, 0.3) is 33.1 Å². The Labute approximate surface area is 675 Å². The second-order valence-electron chi connectivity index (χ2n) is 39.5. The van der Waals surface area contributed by atoms with Gasteiger partial charge in [-0.2, -0.15) is 0 Å². The van der Waals surface area contributed by atoms with Crippen molar-refractivity contribution in [1.82, 2.24) is 43.4 Å². The summed E-state index contributed by atoms with van der Waals surface area (Å²) in [5.74, 6) is 6.46. The maximum absolute atomic E-state index is 14.0. The molecule has 22 rings (SSSR count). The van der Waals surface area contributed by atoms with Gasteiger partial charge < -0.3 is 53.2 Å². The Morgan fingerprint density at radius 2 is 0.878 bits per heavy atom. The van der Waals surface area contributed by atoms with E-state index in [9.17, 15) is 39.0 Å². The zero-order chi connectivity index (χ0) is 78.8. The zero-order valence-electron chi connectivity index (χ0n) is 68.3. The van der Waals surface area contributed by atoms with Crippen LogP contribution in [0.2, 0.25) is 0 Å². The molecule has 9 aliphatic heterocycles. The standard InChI is InChI=1S/C31H42N4O4.C31H42N4O3.C30H40N4O4/c1-2-19-7-20-9-21(8-19)11-23(10-20)34-25-13-24(14-26(34)18-39-17-25)35-28-6-4-3-5-27(28)32-30(31(35)38)33-15-22(16-33)12-29(36)37;1-31(2)20-11-10-19(24(31)16-20)12-14-33-21-6-5-7-22(33)18-23(17-21)35-26-9-4-3-8-25(26)32-28(29(35)36)34-15-13-27(34)30(37)38;1-2-18-7-19-9-20(8-18)11-22(10-19)33-24-12-23(13-25(33)17-38-16-24)34-27-6-4-3-5-26(27)31-28(29(34)35)32-14-21(15-32)30(36)37/h3-6,19-26H,2,7-18H2,1H3,(H,36,37);3-4,8-9,19-24,27H,5-7,10-18H2,1-2H3,(H,37,38);3-6,18-25H,2,7-17H2,1H3,(H,36,37)/t19?,20-,21+,23?,24?,25-,26+;19-,20-,21-,22+,23?,24-,27+;18?,19-,20+,22?,23?,24-,25+/m.0./s1. The van der Waals surface area contributed by atoms with E-state index in [0.717, 1.165) is 151 Å². The first kappa shape index (κ1) is 77.6. The summed E-state index contributed by atoms with van der Waals surface area (Å²) < 4.78 is 18.3. The van der Waals surface area contributed by atoms with Crippen molar-refractivity contribution in [2.24, 2.45) is 70.5 Å². The normalized spacial score (nSPS) is 35.6. The van der Waals surface area contributed by atoms with Crippen molar-refractivity contribution in [3.8, 4) is 0 Å². The topological polar surface area (TPSA) is 254 Å². The van der Waals surface area contributed by atoms with Crippen LogP contribution >= 0.6 is 0 Å². The van der Waals surface area contributed by atoms with E-state index in [1.54, 1.807) is 4.90 Å². The first-order valence-corrected chi connectivity index (χ1v) is 45.2. The summed E-state index contributed by atoms with van der Waals surface area (Å²) in [6.07, 6.45) is 32.2.